The molecule has 8 heteroatoms. The Morgan fingerprint density at radius 3 is 2.61 bits per heavy atom. The lowest BCUT2D eigenvalue weighted by Crippen LogP contribution is -2.30. The Bertz CT molecular complexity index is 1120. The third kappa shape index (κ3) is 5.49. The number of rotatable bonds is 8. The lowest BCUT2D eigenvalue weighted by atomic mass is 9.85. The van der Waals surface area contributed by atoms with Gasteiger partial charge >= 0.3 is 6.61 Å². The highest BCUT2D eigenvalue weighted by molar-refractivity contribution is 5.95. The van der Waals surface area contributed by atoms with Gasteiger partial charge in [-0.1, -0.05) is 19.9 Å². The molecule has 2 N–H and O–H groups in total. The SMILES string of the molecule is C[C@H](NC(=O)c1ccc2c(c1)C(C)(O)CC2(C)C)c1ccc(OC[C@H]2CCCN2C)cc1OC(F)F. The Labute approximate surface area is 211 Å². The van der Waals surface area contributed by atoms with E-state index in [9.17, 15) is 18.7 Å². The lowest BCUT2D eigenvalue weighted by Gasteiger charge is -2.22. The topological polar surface area (TPSA) is 71.0 Å². The zero-order valence-electron chi connectivity index (χ0n) is 21.6. The Balaban J connectivity index is 1.50. The van der Waals surface area contributed by atoms with Crippen molar-refractivity contribution < 1.29 is 28.2 Å². The number of likely N-dealkylation sites (N-methyl/N-ethyl adjacent to an activating group) is 1. The monoisotopic (exact) mass is 502 g/mol. The summed E-state index contributed by atoms with van der Waals surface area (Å²) >= 11 is 0. The average Bonchev–Trinajstić information content (AvgIpc) is 3.28. The minimum Gasteiger partial charge on any atom is -0.492 e. The number of carbonyl (C=O) groups excluding carboxylic acids is 1. The number of likely N-dealkylation sites (tertiary alicyclic amines) is 1. The maximum absolute atomic E-state index is 13.2. The van der Waals surface area contributed by atoms with Crippen molar-refractivity contribution in [1.82, 2.24) is 10.2 Å². The fourth-order valence-corrected chi connectivity index (χ4v) is 5.67. The molecular weight excluding hydrogens is 466 g/mol. The van der Waals surface area contributed by atoms with Crippen molar-refractivity contribution in [3.05, 3.63) is 58.7 Å². The normalized spacial score (nSPS) is 24.0. The molecule has 2 aliphatic rings. The van der Waals surface area contributed by atoms with E-state index in [2.05, 4.69) is 24.1 Å². The van der Waals surface area contributed by atoms with Gasteiger partial charge in [0.2, 0.25) is 0 Å². The van der Waals surface area contributed by atoms with Gasteiger partial charge in [-0.15, -0.1) is 0 Å². The molecule has 196 valence electrons. The first-order valence-electron chi connectivity index (χ1n) is 12.5. The molecule has 4 rings (SSSR count). The van der Waals surface area contributed by atoms with E-state index in [1.807, 2.05) is 13.1 Å². The van der Waals surface area contributed by atoms with Crippen molar-refractivity contribution in [2.24, 2.45) is 0 Å². The number of hydrogen-bond acceptors (Lipinski definition) is 5. The highest BCUT2D eigenvalue weighted by Crippen LogP contribution is 2.48. The van der Waals surface area contributed by atoms with Crippen LogP contribution in [-0.2, 0) is 11.0 Å². The minimum absolute atomic E-state index is 0.0336. The van der Waals surface area contributed by atoms with Gasteiger partial charge < -0.3 is 24.8 Å². The quantitative estimate of drug-likeness (QED) is 0.523. The summed E-state index contributed by atoms with van der Waals surface area (Å²) in [5, 5.41) is 13.8. The van der Waals surface area contributed by atoms with Gasteiger partial charge in [0.15, 0.2) is 0 Å². The Morgan fingerprint density at radius 2 is 1.94 bits per heavy atom. The summed E-state index contributed by atoms with van der Waals surface area (Å²) in [6.45, 7) is 6.08. The van der Waals surface area contributed by atoms with Crippen molar-refractivity contribution in [1.29, 1.82) is 0 Å². The van der Waals surface area contributed by atoms with Gasteiger partial charge in [0.25, 0.3) is 5.91 Å². The number of aliphatic hydroxyl groups is 1. The molecule has 2 aromatic rings. The number of hydrogen-bond donors (Lipinski definition) is 2. The van der Waals surface area contributed by atoms with Gasteiger partial charge in [0, 0.05) is 23.2 Å². The lowest BCUT2D eigenvalue weighted by molar-refractivity contribution is -0.0507. The van der Waals surface area contributed by atoms with E-state index in [0.717, 1.165) is 30.5 Å². The molecule has 1 aliphatic heterocycles. The number of fused-ring (bicyclic) bond motifs is 1. The molecule has 1 heterocycles. The van der Waals surface area contributed by atoms with Crippen molar-refractivity contribution in [3.63, 3.8) is 0 Å². The van der Waals surface area contributed by atoms with Gasteiger partial charge in [-0.05, 0) is 87.5 Å². The number of amides is 1. The van der Waals surface area contributed by atoms with E-state index in [0.29, 0.717) is 35.9 Å². The van der Waals surface area contributed by atoms with Gasteiger partial charge in [-0.2, -0.15) is 8.78 Å². The van der Waals surface area contributed by atoms with Crippen LogP contribution in [0.4, 0.5) is 8.78 Å². The molecule has 1 aliphatic carbocycles. The second kappa shape index (κ2) is 9.98. The van der Waals surface area contributed by atoms with E-state index < -0.39 is 18.3 Å². The Hall–Kier alpha value is -2.71. The molecule has 1 amide bonds. The van der Waals surface area contributed by atoms with Crippen LogP contribution in [-0.4, -0.2) is 48.8 Å². The van der Waals surface area contributed by atoms with Crippen molar-refractivity contribution >= 4 is 5.91 Å². The average molecular weight is 503 g/mol. The summed E-state index contributed by atoms with van der Waals surface area (Å²) in [5.74, 6) is 0.0452. The predicted molar refractivity (Wildman–Crippen MR) is 134 cm³/mol. The fraction of sp³-hybridized carbons (Fsp3) is 0.536. The molecular formula is C28H36F2N2O4. The maximum atomic E-state index is 13.2. The van der Waals surface area contributed by atoms with Crippen LogP contribution in [0.25, 0.3) is 0 Å². The Kier molecular flexibility index (Phi) is 7.30. The molecule has 1 unspecified atom stereocenters. The van der Waals surface area contributed by atoms with E-state index in [4.69, 9.17) is 9.47 Å². The van der Waals surface area contributed by atoms with Gasteiger partial charge in [-0.25, -0.2) is 0 Å². The van der Waals surface area contributed by atoms with Crippen LogP contribution in [0, 0.1) is 0 Å². The predicted octanol–water partition coefficient (Wildman–Crippen LogP) is 5.14. The third-order valence-electron chi connectivity index (χ3n) is 7.51. The summed E-state index contributed by atoms with van der Waals surface area (Å²) in [6.07, 6.45) is 2.71. The first-order valence-corrected chi connectivity index (χ1v) is 12.5. The summed E-state index contributed by atoms with van der Waals surface area (Å²) in [6, 6.07) is 9.83. The van der Waals surface area contributed by atoms with Crippen LogP contribution in [0.2, 0.25) is 0 Å². The smallest absolute Gasteiger partial charge is 0.387 e. The molecule has 2 aromatic carbocycles. The number of nitrogens with zero attached hydrogens (tertiary/aromatic N) is 1. The van der Waals surface area contributed by atoms with Crippen LogP contribution in [0.5, 0.6) is 11.5 Å². The number of halogens is 2. The molecule has 0 bridgehead atoms. The van der Waals surface area contributed by atoms with Crippen molar-refractivity contribution in [2.75, 3.05) is 20.2 Å². The number of carbonyl (C=O) groups is 1. The molecule has 0 radical (unpaired) electrons. The molecule has 36 heavy (non-hydrogen) atoms. The Morgan fingerprint density at radius 1 is 1.19 bits per heavy atom. The highest BCUT2D eigenvalue weighted by Gasteiger charge is 2.43. The number of ether oxygens (including phenoxy) is 2. The number of nitrogens with one attached hydrogen (secondary N) is 1. The molecule has 1 fully saturated rings. The van der Waals surface area contributed by atoms with E-state index in [1.165, 1.54) is 6.07 Å². The highest BCUT2D eigenvalue weighted by atomic mass is 19.3. The molecule has 0 saturated carbocycles. The van der Waals surface area contributed by atoms with Crippen molar-refractivity contribution in [3.8, 4) is 11.5 Å². The second-order valence-corrected chi connectivity index (χ2v) is 11.0. The summed E-state index contributed by atoms with van der Waals surface area (Å²) < 4.78 is 37.0. The maximum Gasteiger partial charge on any atom is 0.387 e. The van der Waals surface area contributed by atoms with Crippen LogP contribution < -0.4 is 14.8 Å². The van der Waals surface area contributed by atoms with E-state index in [-0.39, 0.29) is 17.1 Å². The number of benzene rings is 2. The first-order chi connectivity index (χ1) is 16.9. The third-order valence-corrected chi connectivity index (χ3v) is 7.51. The largest absolute Gasteiger partial charge is 0.492 e. The summed E-state index contributed by atoms with van der Waals surface area (Å²) in [4.78, 5) is 15.3. The zero-order chi connectivity index (χ0) is 26.3. The minimum atomic E-state index is -3.01. The van der Waals surface area contributed by atoms with Crippen molar-refractivity contribution in [2.45, 2.75) is 76.7 Å². The number of alkyl halides is 2. The van der Waals surface area contributed by atoms with E-state index >= 15 is 0 Å². The van der Waals surface area contributed by atoms with E-state index in [1.54, 1.807) is 38.1 Å². The van der Waals surface area contributed by atoms with Gasteiger partial charge in [-0.3, -0.25) is 4.79 Å². The van der Waals surface area contributed by atoms with Crippen LogP contribution in [0.3, 0.4) is 0 Å². The molecule has 1 saturated heterocycles. The standard InChI is InChI=1S/C28H36F2N2O4/c1-17(31-25(33)18-8-11-22-23(13-18)28(4,34)16-27(22,2)3)21-10-9-20(14-24(21)36-26(29)30)35-15-19-7-6-12-32(19)5/h8-11,13-14,17,19,26,34H,6-7,12,15-16H2,1-5H3,(H,31,33)/t17-,19+,28?/m0/s1. The fourth-order valence-electron chi connectivity index (χ4n) is 5.67. The molecule has 0 aromatic heterocycles. The second-order valence-electron chi connectivity index (χ2n) is 11.0. The van der Waals surface area contributed by atoms with Gasteiger partial charge in [0.1, 0.15) is 18.1 Å². The molecule has 3 atom stereocenters. The summed E-state index contributed by atoms with van der Waals surface area (Å²) in [7, 11) is 2.04. The van der Waals surface area contributed by atoms with Gasteiger partial charge in [0.05, 0.1) is 11.6 Å². The first kappa shape index (κ1) is 26.4. The van der Waals surface area contributed by atoms with Crippen LogP contribution in [0.1, 0.15) is 80.0 Å². The van der Waals surface area contributed by atoms with Crippen LogP contribution in [0.15, 0.2) is 36.4 Å². The summed E-state index contributed by atoms with van der Waals surface area (Å²) in [5.41, 5.74) is 1.36. The molecule has 6 nitrogen and oxygen atoms in total. The molecule has 0 spiro atoms. The van der Waals surface area contributed by atoms with Crippen LogP contribution >= 0.6 is 0 Å². The zero-order valence-corrected chi connectivity index (χ0v) is 21.6.